The SMILES string of the molecule is [2H]C(/C=C(\[2H])[C@@]([2H])(O)CCCCC)=C(\[2H])C/C([2H])=C(/[2H])C/C([2H])=C(/[2H])CCCC(=O)OCC. The summed E-state index contributed by atoms with van der Waals surface area (Å²) in [7, 11) is 0. The summed E-state index contributed by atoms with van der Waals surface area (Å²) in [6.45, 7) is 3.95. The van der Waals surface area contributed by atoms with Crippen molar-refractivity contribution in [3.63, 3.8) is 0 Å². The van der Waals surface area contributed by atoms with Gasteiger partial charge in [0.25, 0.3) is 0 Å². The second-order valence-corrected chi connectivity index (χ2v) is 5.23. The number of hydrogen-bond donors (Lipinski definition) is 1. The van der Waals surface area contributed by atoms with Gasteiger partial charge in [-0.15, -0.1) is 0 Å². The first-order valence-corrected chi connectivity index (χ1v) is 8.89. The number of ether oxygens (including phenoxy) is 1. The zero-order valence-electron chi connectivity index (χ0n) is 23.4. The molecule has 0 aliphatic carbocycles. The number of unbranched alkanes of at least 4 members (excludes halogenated alkanes) is 2. The van der Waals surface area contributed by atoms with Crippen LogP contribution in [0.5, 0.6) is 0 Å². The van der Waals surface area contributed by atoms with E-state index < -0.39 is 18.2 Å². The minimum Gasteiger partial charge on any atom is -0.466 e. The van der Waals surface area contributed by atoms with Crippen LogP contribution in [0.4, 0.5) is 0 Å². The number of esters is 1. The fourth-order valence-corrected chi connectivity index (χ4v) is 1.75. The fourth-order valence-electron chi connectivity index (χ4n) is 1.75. The molecule has 0 spiro atoms. The van der Waals surface area contributed by atoms with Crippen LogP contribution in [0.25, 0.3) is 0 Å². The minimum atomic E-state index is -2.15. The molecule has 0 aromatic rings. The molecule has 1 atom stereocenters. The maximum absolute atomic E-state index is 11.3. The Hall–Kier alpha value is -1.61. The Labute approximate surface area is 165 Å². The van der Waals surface area contributed by atoms with Crippen LogP contribution in [0.15, 0.2) is 48.4 Å². The predicted molar refractivity (Wildman–Crippen MR) is 106 cm³/mol. The summed E-state index contributed by atoms with van der Waals surface area (Å²) in [4.78, 5) is 11.3. The van der Waals surface area contributed by atoms with Crippen molar-refractivity contribution in [2.75, 3.05) is 6.61 Å². The molecule has 0 rings (SSSR count). The van der Waals surface area contributed by atoms with Crippen LogP contribution in [0, 0.1) is 0 Å². The van der Waals surface area contributed by atoms with Crippen LogP contribution in [0.2, 0.25) is 0 Å². The van der Waals surface area contributed by atoms with Crippen LogP contribution in [-0.4, -0.2) is 23.8 Å². The van der Waals surface area contributed by atoms with Crippen LogP contribution in [0.1, 0.15) is 82.6 Å². The molecule has 0 fully saturated rings. The second kappa shape index (κ2) is 18.7. The summed E-state index contributed by atoms with van der Waals surface area (Å²) in [5.74, 6) is -0.373. The van der Waals surface area contributed by atoms with Gasteiger partial charge < -0.3 is 9.84 Å². The van der Waals surface area contributed by atoms with Crippen molar-refractivity contribution in [2.45, 2.75) is 77.7 Å². The fraction of sp³-hybridized carbons (Fsp3) is 0.591. The molecule has 0 aliphatic heterocycles. The minimum absolute atomic E-state index is 0.0424. The summed E-state index contributed by atoms with van der Waals surface area (Å²) in [6.07, 6.45) is 1.06. The third-order valence-corrected chi connectivity index (χ3v) is 3.02. The largest absolute Gasteiger partial charge is 0.466 e. The summed E-state index contributed by atoms with van der Waals surface area (Å²) in [5, 5.41) is 10.1. The van der Waals surface area contributed by atoms with Crippen molar-refractivity contribution in [3.05, 3.63) is 48.4 Å². The Morgan fingerprint density at radius 2 is 1.84 bits per heavy atom. The van der Waals surface area contributed by atoms with Crippen molar-refractivity contribution in [1.82, 2.24) is 0 Å². The van der Waals surface area contributed by atoms with Crippen LogP contribution in [0.3, 0.4) is 0 Å². The Kier molecular flexibility index (Phi) is 9.51. The lowest BCUT2D eigenvalue weighted by Crippen LogP contribution is -2.02. The number of allylic oxidation sites excluding steroid dienone is 7. The molecule has 0 amide bonds. The van der Waals surface area contributed by atoms with Crippen molar-refractivity contribution >= 4 is 5.97 Å². The molecule has 0 aromatic heterocycles. The monoisotopic (exact) mass is 356 g/mol. The first kappa shape index (κ1) is 12.7. The molecule has 0 bridgehead atoms. The number of carbonyl (C=O) groups is 1. The van der Waals surface area contributed by atoms with Gasteiger partial charge >= 0.3 is 5.97 Å². The molecular weight excluding hydrogens is 312 g/mol. The number of rotatable bonds is 15. The molecule has 0 saturated carbocycles. The number of aliphatic hydroxyl groups is 1. The summed E-state index contributed by atoms with van der Waals surface area (Å²) >= 11 is 0. The summed E-state index contributed by atoms with van der Waals surface area (Å²) in [6, 6.07) is -2.05. The van der Waals surface area contributed by atoms with Gasteiger partial charge in [0, 0.05) is 6.42 Å². The third-order valence-electron chi connectivity index (χ3n) is 3.02. The van der Waals surface area contributed by atoms with Crippen molar-refractivity contribution in [3.8, 4) is 0 Å². The van der Waals surface area contributed by atoms with Gasteiger partial charge in [-0.05, 0) is 39.0 Å². The topological polar surface area (TPSA) is 46.5 Å². The molecule has 0 radical (unpaired) electrons. The molecule has 0 saturated heterocycles. The van der Waals surface area contributed by atoms with Gasteiger partial charge in [-0.25, -0.2) is 0 Å². The van der Waals surface area contributed by atoms with E-state index in [1.807, 2.05) is 6.92 Å². The van der Waals surface area contributed by atoms with Gasteiger partial charge in [-0.1, -0.05) is 74.6 Å². The average molecular weight is 357 g/mol. The molecule has 0 unspecified atom stereocenters. The highest BCUT2D eigenvalue weighted by molar-refractivity contribution is 5.69. The standard InChI is InChI=1S/C22H36O3/c1-3-5-15-18-21(23)19-16-13-11-9-7-6-8-10-12-14-17-20-22(24)25-4-2/h6-7,10-13,16,19,21,23H,3-5,8-9,14-15,17-18,20H2,1-2H3/b7-6-,12-10-,13-11-,19-16+/t21-/m0/s1/i6D,7D,10D,11D,12D,13D,19D,21D. The van der Waals surface area contributed by atoms with Gasteiger partial charge in [0.1, 0.15) is 0 Å². The summed E-state index contributed by atoms with van der Waals surface area (Å²) < 4.78 is 68.1. The van der Waals surface area contributed by atoms with Gasteiger partial charge in [-0.2, -0.15) is 0 Å². The molecular formula is C22H36O3. The van der Waals surface area contributed by atoms with Crippen LogP contribution in [-0.2, 0) is 9.53 Å². The van der Waals surface area contributed by atoms with E-state index in [2.05, 4.69) is 0 Å². The Morgan fingerprint density at radius 1 is 1.12 bits per heavy atom. The van der Waals surface area contributed by atoms with E-state index in [-0.39, 0.29) is 74.9 Å². The highest BCUT2D eigenvalue weighted by Crippen LogP contribution is 2.04. The number of hydrogen-bond acceptors (Lipinski definition) is 3. The first-order chi connectivity index (χ1) is 15.3. The Balaban J connectivity index is 5.12. The highest BCUT2D eigenvalue weighted by atomic mass is 16.5. The van der Waals surface area contributed by atoms with Gasteiger partial charge in [-0.3, -0.25) is 4.79 Å². The van der Waals surface area contributed by atoms with E-state index in [9.17, 15) is 9.90 Å². The molecule has 1 N–H and O–H groups in total. The lowest BCUT2D eigenvalue weighted by molar-refractivity contribution is -0.143. The van der Waals surface area contributed by atoms with E-state index >= 15 is 0 Å². The van der Waals surface area contributed by atoms with E-state index in [0.717, 1.165) is 18.9 Å². The first-order valence-electron chi connectivity index (χ1n) is 12.9. The van der Waals surface area contributed by atoms with E-state index in [1.165, 1.54) is 0 Å². The Morgan fingerprint density at radius 3 is 2.56 bits per heavy atom. The van der Waals surface area contributed by atoms with Crippen molar-refractivity contribution in [1.29, 1.82) is 0 Å². The molecule has 142 valence electrons. The lowest BCUT2D eigenvalue weighted by atomic mass is 10.1. The average Bonchev–Trinajstić information content (AvgIpc) is 2.73. The van der Waals surface area contributed by atoms with E-state index in [4.69, 9.17) is 15.7 Å². The van der Waals surface area contributed by atoms with Crippen LogP contribution < -0.4 is 0 Å². The third kappa shape index (κ3) is 18.6. The smallest absolute Gasteiger partial charge is 0.305 e. The van der Waals surface area contributed by atoms with Gasteiger partial charge in [0.05, 0.1) is 23.7 Å². The van der Waals surface area contributed by atoms with Gasteiger partial charge in [0.2, 0.25) is 0 Å². The van der Waals surface area contributed by atoms with E-state index in [1.54, 1.807) is 6.92 Å². The summed E-state index contributed by atoms with van der Waals surface area (Å²) in [5.41, 5.74) is 0. The van der Waals surface area contributed by atoms with Gasteiger partial charge in [0.15, 0.2) is 0 Å². The second-order valence-electron chi connectivity index (χ2n) is 5.23. The van der Waals surface area contributed by atoms with Crippen molar-refractivity contribution < 1.29 is 25.6 Å². The van der Waals surface area contributed by atoms with E-state index in [0.29, 0.717) is 12.8 Å². The predicted octanol–water partition coefficient (Wildman–Crippen LogP) is 5.67. The molecule has 0 heterocycles. The molecule has 25 heavy (non-hydrogen) atoms. The lowest BCUT2D eigenvalue weighted by Gasteiger charge is -2.02. The maximum Gasteiger partial charge on any atom is 0.305 e. The molecule has 3 heteroatoms. The number of carbonyl (C=O) groups excluding carboxylic acids is 1. The maximum atomic E-state index is 11.3. The normalized spacial score (nSPS) is 22.1. The molecule has 0 aromatic carbocycles. The highest BCUT2D eigenvalue weighted by Gasteiger charge is 1.98. The molecule has 0 aliphatic rings. The Bertz CT molecular complexity index is 770. The zero-order valence-corrected chi connectivity index (χ0v) is 15.4. The zero-order chi connectivity index (χ0) is 25.6. The molecule has 3 nitrogen and oxygen atoms in total. The quantitative estimate of drug-likeness (QED) is 0.178. The van der Waals surface area contributed by atoms with Crippen LogP contribution >= 0.6 is 0 Å². The van der Waals surface area contributed by atoms with Crippen molar-refractivity contribution in [2.24, 2.45) is 0 Å².